The van der Waals surface area contributed by atoms with Crippen molar-refractivity contribution in [1.82, 2.24) is 9.55 Å². The molecule has 1 saturated heterocycles. The molecule has 0 radical (unpaired) electrons. The number of nitrogens with zero attached hydrogens (tertiary/aromatic N) is 2. The molecule has 118 valence electrons. The number of anilines is 1. The Morgan fingerprint density at radius 2 is 2.14 bits per heavy atom. The van der Waals surface area contributed by atoms with E-state index in [4.69, 9.17) is 15.6 Å². The molecule has 2 heterocycles. The smallest absolute Gasteiger partial charge is 0.351 e. The van der Waals surface area contributed by atoms with Crippen molar-refractivity contribution in [2.24, 2.45) is 0 Å². The molecule has 0 spiro atoms. The second kappa shape index (κ2) is 5.26. The number of ether oxygens (including phenoxy) is 1. The maximum absolute atomic E-state index is 13.3. The Kier molecular flexibility index (Phi) is 3.93. The summed E-state index contributed by atoms with van der Waals surface area (Å²) in [6.07, 6.45) is -8.91. The summed E-state index contributed by atoms with van der Waals surface area (Å²) in [5.41, 5.74) is 1.10. The van der Waals surface area contributed by atoms with Crippen LogP contribution in [-0.2, 0) is 4.74 Å². The van der Waals surface area contributed by atoms with Crippen molar-refractivity contribution in [3.8, 4) is 0 Å². The first-order chi connectivity index (χ1) is 9.74. The topological polar surface area (TPSA) is 131 Å². The fraction of sp³-hybridized carbons (Fsp3) is 0.600. The van der Waals surface area contributed by atoms with Gasteiger partial charge in [0.05, 0.1) is 12.8 Å². The molecule has 5 N–H and O–H groups in total. The number of rotatable bonds is 3. The third kappa shape index (κ3) is 2.27. The zero-order valence-corrected chi connectivity index (χ0v) is 10.4. The first-order valence-corrected chi connectivity index (χ1v) is 5.71. The molecule has 21 heavy (non-hydrogen) atoms. The highest BCUT2D eigenvalue weighted by Crippen LogP contribution is 2.40. The number of nitrogen functional groups attached to an aromatic ring is 1. The van der Waals surface area contributed by atoms with E-state index in [0.717, 1.165) is 0 Å². The third-order valence-electron chi connectivity index (χ3n) is 3.28. The predicted octanol–water partition coefficient (Wildman–Crippen LogP) is -1.79. The Hall–Kier alpha value is -1.69. The van der Waals surface area contributed by atoms with Gasteiger partial charge in [-0.1, -0.05) is 0 Å². The molecule has 1 aliphatic rings. The van der Waals surface area contributed by atoms with Crippen LogP contribution in [0.3, 0.4) is 0 Å². The molecule has 0 aliphatic carbocycles. The minimum Gasteiger partial charge on any atom is -0.393 e. The highest BCUT2D eigenvalue weighted by molar-refractivity contribution is 5.26. The number of aliphatic hydroxyl groups is 3. The molecule has 0 aromatic carbocycles. The van der Waals surface area contributed by atoms with Gasteiger partial charge in [0.15, 0.2) is 23.5 Å². The standard InChI is InChI=1S/C10H12F3N3O5/c11-3-1-16(9(20)15-6(3)14)7-4(18)5(19)10(2-17,21-7)8(12)13/h1,4-5,7-8,17-19H,2H2,(H2,14,15,20)/t4-,5-,7-,10-/m1/s1. The van der Waals surface area contributed by atoms with Crippen LogP contribution in [0, 0.1) is 5.82 Å². The van der Waals surface area contributed by atoms with Crippen molar-refractivity contribution in [2.75, 3.05) is 12.3 Å². The number of hydrogen-bond donors (Lipinski definition) is 4. The molecule has 1 aromatic heterocycles. The SMILES string of the molecule is Nc1nc(=O)n([C@@H]2O[C@@](CO)(C(F)F)[C@H](O)[C@H]2O)cc1F. The van der Waals surface area contributed by atoms with E-state index < -0.39 is 54.4 Å². The summed E-state index contributed by atoms with van der Waals surface area (Å²) < 4.78 is 44.5. The van der Waals surface area contributed by atoms with Gasteiger partial charge in [-0.05, 0) is 0 Å². The van der Waals surface area contributed by atoms with E-state index in [1.165, 1.54) is 0 Å². The van der Waals surface area contributed by atoms with Crippen LogP contribution in [0.15, 0.2) is 11.0 Å². The van der Waals surface area contributed by atoms with Crippen molar-refractivity contribution in [2.45, 2.75) is 30.5 Å². The van der Waals surface area contributed by atoms with Crippen LogP contribution >= 0.6 is 0 Å². The molecule has 2 rings (SSSR count). The third-order valence-corrected chi connectivity index (χ3v) is 3.28. The maximum Gasteiger partial charge on any atom is 0.351 e. The molecule has 0 unspecified atom stereocenters. The molecule has 0 amide bonds. The Labute approximate surface area is 115 Å². The van der Waals surface area contributed by atoms with Crippen molar-refractivity contribution >= 4 is 5.82 Å². The first kappa shape index (κ1) is 15.7. The van der Waals surface area contributed by atoms with Crippen LogP contribution in [0.2, 0.25) is 0 Å². The molecule has 4 atom stereocenters. The van der Waals surface area contributed by atoms with Crippen molar-refractivity contribution in [3.05, 3.63) is 22.5 Å². The molecule has 11 heteroatoms. The summed E-state index contributed by atoms with van der Waals surface area (Å²) in [5, 5.41) is 28.4. The van der Waals surface area contributed by atoms with E-state index in [-0.39, 0.29) is 0 Å². The minimum absolute atomic E-state index is 0.374. The second-order valence-corrected chi connectivity index (χ2v) is 4.52. The Morgan fingerprint density at radius 1 is 1.52 bits per heavy atom. The van der Waals surface area contributed by atoms with Crippen molar-refractivity contribution in [1.29, 1.82) is 0 Å². The van der Waals surface area contributed by atoms with Crippen LogP contribution in [-0.4, -0.2) is 55.7 Å². The second-order valence-electron chi connectivity index (χ2n) is 4.52. The molecule has 8 nitrogen and oxygen atoms in total. The van der Waals surface area contributed by atoms with Gasteiger partial charge in [0.2, 0.25) is 0 Å². The van der Waals surface area contributed by atoms with Crippen LogP contribution < -0.4 is 11.4 Å². The minimum atomic E-state index is -3.36. The number of hydrogen-bond acceptors (Lipinski definition) is 7. The number of alkyl halides is 2. The van der Waals surface area contributed by atoms with Gasteiger partial charge in [-0.15, -0.1) is 0 Å². The van der Waals surface area contributed by atoms with Crippen LogP contribution in [0.25, 0.3) is 0 Å². The number of aromatic nitrogens is 2. The summed E-state index contributed by atoms with van der Waals surface area (Å²) in [7, 11) is 0. The zero-order chi connectivity index (χ0) is 15.9. The summed E-state index contributed by atoms with van der Waals surface area (Å²) in [4.78, 5) is 14.7. The van der Waals surface area contributed by atoms with Crippen LogP contribution in [0.4, 0.5) is 19.0 Å². The maximum atomic E-state index is 13.3. The van der Waals surface area contributed by atoms with Gasteiger partial charge in [-0.2, -0.15) is 4.98 Å². The van der Waals surface area contributed by atoms with Gasteiger partial charge in [-0.25, -0.2) is 18.0 Å². The molecule has 0 saturated carbocycles. The Bertz CT molecular complexity index is 598. The molecule has 0 bridgehead atoms. The normalized spacial score (nSPS) is 32.8. The quantitative estimate of drug-likeness (QED) is 0.518. The average molecular weight is 311 g/mol. The molecular weight excluding hydrogens is 299 g/mol. The lowest BCUT2D eigenvalue weighted by atomic mass is 9.96. The van der Waals surface area contributed by atoms with Crippen molar-refractivity contribution in [3.63, 3.8) is 0 Å². The lowest BCUT2D eigenvalue weighted by Gasteiger charge is -2.28. The van der Waals surface area contributed by atoms with Gasteiger partial charge in [0.25, 0.3) is 6.43 Å². The van der Waals surface area contributed by atoms with Gasteiger partial charge in [0.1, 0.15) is 12.2 Å². The summed E-state index contributed by atoms with van der Waals surface area (Å²) in [6.45, 7) is -1.32. The van der Waals surface area contributed by atoms with Gasteiger partial charge >= 0.3 is 5.69 Å². The highest BCUT2D eigenvalue weighted by atomic mass is 19.3. The molecule has 1 aromatic rings. The largest absolute Gasteiger partial charge is 0.393 e. The lowest BCUT2D eigenvalue weighted by Crippen LogP contribution is -2.52. The highest BCUT2D eigenvalue weighted by Gasteiger charge is 2.60. The monoisotopic (exact) mass is 311 g/mol. The summed E-state index contributed by atoms with van der Waals surface area (Å²) in [6, 6.07) is 0. The van der Waals surface area contributed by atoms with Crippen LogP contribution in [0.5, 0.6) is 0 Å². The van der Waals surface area contributed by atoms with E-state index in [9.17, 15) is 28.2 Å². The number of nitrogens with two attached hydrogens (primary N) is 1. The first-order valence-electron chi connectivity index (χ1n) is 5.71. The summed E-state index contributed by atoms with van der Waals surface area (Å²) in [5.74, 6) is -1.86. The Balaban J connectivity index is 2.47. The van der Waals surface area contributed by atoms with Gasteiger partial charge in [0, 0.05) is 0 Å². The van der Waals surface area contributed by atoms with Gasteiger partial charge < -0.3 is 25.8 Å². The average Bonchev–Trinajstić information content (AvgIpc) is 2.68. The van der Waals surface area contributed by atoms with E-state index in [0.29, 0.717) is 10.8 Å². The fourth-order valence-corrected chi connectivity index (χ4v) is 2.05. The van der Waals surface area contributed by atoms with Gasteiger partial charge in [-0.3, -0.25) is 4.57 Å². The fourth-order valence-electron chi connectivity index (χ4n) is 2.05. The van der Waals surface area contributed by atoms with Crippen molar-refractivity contribution < 1.29 is 33.2 Å². The molecular formula is C10H12F3N3O5. The summed E-state index contributed by atoms with van der Waals surface area (Å²) >= 11 is 0. The number of aliphatic hydroxyl groups excluding tert-OH is 3. The zero-order valence-electron chi connectivity index (χ0n) is 10.4. The molecule has 1 fully saturated rings. The van der Waals surface area contributed by atoms with E-state index in [1.807, 2.05) is 0 Å². The van der Waals surface area contributed by atoms with E-state index >= 15 is 0 Å². The predicted molar refractivity (Wildman–Crippen MR) is 60.8 cm³/mol. The van der Waals surface area contributed by atoms with Crippen LogP contribution in [0.1, 0.15) is 6.23 Å². The molecule has 1 aliphatic heterocycles. The number of halogens is 3. The van der Waals surface area contributed by atoms with E-state index in [2.05, 4.69) is 4.98 Å². The van der Waals surface area contributed by atoms with E-state index in [1.54, 1.807) is 0 Å². The Morgan fingerprint density at radius 3 is 2.62 bits per heavy atom. The lowest BCUT2D eigenvalue weighted by molar-refractivity contribution is -0.196.